The minimum absolute atomic E-state index is 0.0147. The van der Waals surface area contributed by atoms with Gasteiger partial charge < -0.3 is 15.0 Å². The van der Waals surface area contributed by atoms with Gasteiger partial charge in [-0.15, -0.1) is 0 Å². The van der Waals surface area contributed by atoms with Crippen LogP contribution in [0, 0.1) is 6.92 Å². The second-order valence-electron chi connectivity index (χ2n) is 6.74. The highest BCUT2D eigenvalue weighted by molar-refractivity contribution is 6.08. The maximum absolute atomic E-state index is 12.9. The number of carbonyl (C=O) groups is 2. The highest BCUT2D eigenvalue weighted by Gasteiger charge is 2.52. The zero-order valence-electron chi connectivity index (χ0n) is 14.3. The van der Waals surface area contributed by atoms with Crippen molar-refractivity contribution >= 4 is 17.5 Å². The summed E-state index contributed by atoms with van der Waals surface area (Å²) < 4.78 is 5.32. The van der Waals surface area contributed by atoms with Crippen LogP contribution >= 0.6 is 0 Å². The largest absolute Gasteiger partial charge is 0.497 e. The van der Waals surface area contributed by atoms with Crippen molar-refractivity contribution < 1.29 is 14.3 Å². The molecule has 128 valence electrons. The smallest absolute Gasteiger partial charge is 0.254 e. The third-order valence-corrected chi connectivity index (χ3v) is 5.36. The average molecular weight is 336 g/mol. The van der Waals surface area contributed by atoms with Gasteiger partial charge in [0.25, 0.3) is 5.91 Å². The maximum atomic E-state index is 12.9. The van der Waals surface area contributed by atoms with E-state index in [1.54, 1.807) is 12.0 Å². The molecule has 4 rings (SSSR count). The van der Waals surface area contributed by atoms with Gasteiger partial charge in [-0.05, 0) is 48.7 Å². The minimum atomic E-state index is -0.678. The molecular formula is C20H20N2O3. The van der Waals surface area contributed by atoms with Gasteiger partial charge >= 0.3 is 0 Å². The molecule has 2 aromatic rings. The first-order chi connectivity index (χ1) is 12.0. The molecule has 2 aliphatic rings. The first kappa shape index (κ1) is 15.7. The molecular weight excluding hydrogens is 316 g/mol. The van der Waals surface area contributed by atoms with E-state index in [9.17, 15) is 9.59 Å². The molecule has 1 fully saturated rings. The number of ether oxygens (including phenoxy) is 1. The average Bonchev–Trinajstić information content (AvgIpc) is 3.18. The van der Waals surface area contributed by atoms with E-state index in [1.165, 1.54) is 0 Å². The summed E-state index contributed by atoms with van der Waals surface area (Å²) in [6.45, 7) is 2.89. The summed E-state index contributed by atoms with van der Waals surface area (Å²) >= 11 is 0. The van der Waals surface area contributed by atoms with Crippen molar-refractivity contribution in [2.45, 2.75) is 18.8 Å². The highest BCUT2D eigenvalue weighted by Crippen LogP contribution is 2.45. The van der Waals surface area contributed by atoms with E-state index in [0.29, 0.717) is 25.1 Å². The molecule has 1 saturated heterocycles. The third-order valence-electron chi connectivity index (χ3n) is 5.36. The van der Waals surface area contributed by atoms with Crippen LogP contribution in [0.5, 0.6) is 5.75 Å². The van der Waals surface area contributed by atoms with Crippen LogP contribution in [0.3, 0.4) is 0 Å². The van der Waals surface area contributed by atoms with Crippen LogP contribution in [0.2, 0.25) is 0 Å². The molecule has 0 saturated carbocycles. The van der Waals surface area contributed by atoms with Crippen molar-refractivity contribution in [2.75, 3.05) is 25.5 Å². The fourth-order valence-corrected chi connectivity index (χ4v) is 3.89. The summed E-state index contributed by atoms with van der Waals surface area (Å²) in [5.74, 6) is 0.674. The van der Waals surface area contributed by atoms with Gasteiger partial charge in [-0.1, -0.05) is 18.2 Å². The fourth-order valence-electron chi connectivity index (χ4n) is 3.89. The van der Waals surface area contributed by atoms with Crippen molar-refractivity contribution in [1.82, 2.24) is 4.90 Å². The van der Waals surface area contributed by atoms with E-state index < -0.39 is 5.41 Å². The number of carbonyl (C=O) groups excluding carboxylic acids is 2. The Labute approximate surface area is 146 Å². The van der Waals surface area contributed by atoms with Crippen molar-refractivity contribution in [3.8, 4) is 5.75 Å². The maximum Gasteiger partial charge on any atom is 0.254 e. The Balaban J connectivity index is 1.68. The summed E-state index contributed by atoms with van der Waals surface area (Å²) in [4.78, 5) is 27.4. The van der Waals surface area contributed by atoms with E-state index in [0.717, 1.165) is 22.6 Å². The Bertz CT molecular complexity index is 877. The van der Waals surface area contributed by atoms with Gasteiger partial charge in [-0.3, -0.25) is 9.59 Å². The summed E-state index contributed by atoms with van der Waals surface area (Å²) in [6.07, 6.45) is 0.622. The first-order valence-electron chi connectivity index (χ1n) is 8.40. The Hall–Kier alpha value is -2.82. The number of aryl methyl sites for hydroxylation is 1. The predicted octanol–water partition coefficient (Wildman–Crippen LogP) is 2.74. The van der Waals surface area contributed by atoms with Crippen LogP contribution in [0.1, 0.15) is 27.9 Å². The van der Waals surface area contributed by atoms with E-state index >= 15 is 0 Å². The van der Waals surface area contributed by atoms with Gasteiger partial charge in [0.2, 0.25) is 5.91 Å². The number of nitrogens with one attached hydrogen (secondary N) is 1. The zero-order valence-corrected chi connectivity index (χ0v) is 14.3. The topological polar surface area (TPSA) is 58.6 Å². The predicted molar refractivity (Wildman–Crippen MR) is 95.0 cm³/mol. The molecule has 2 amide bonds. The summed E-state index contributed by atoms with van der Waals surface area (Å²) in [7, 11) is 1.61. The van der Waals surface area contributed by atoms with Crippen LogP contribution in [-0.4, -0.2) is 36.9 Å². The lowest BCUT2D eigenvalue weighted by Crippen LogP contribution is -2.39. The SMILES string of the molecule is COc1ccc2c(c1)[C@@]1(CCN(C(=O)c3ccccc3C)C1)C(=O)N2. The second-order valence-corrected chi connectivity index (χ2v) is 6.74. The summed E-state index contributed by atoms with van der Waals surface area (Å²) in [5.41, 5.74) is 2.71. The van der Waals surface area contributed by atoms with Crippen LogP contribution in [0.25, 0.3) is 0 Å². The van der Waals surface area contributed by atoms with Crippen molar-refractivity contribution in [1.29, 1.82) is 0 Å². The Morgan fingerprint density at radius 1 is 1.24 bits per heavy atom. The molecule has 0 aromatic heterocycles. The molecule has 0 bridgehead atoms. The molecule has 0 aliphatic carbocycles. The van der Waals surface area contributed by atoms with Crippen LogP contribution in [-0.2, 0) is 10.2 Å². The van der Waals surface area contributed by atoms with Crippen LogP contribution in [0.15, 0.2) is 42.5 Å². The molecule has 0 unspecified atom stereocenters. The first-order valence-corrected chi connectivity index (χ1v) is 8.40. The lowest BCUT2D eigenvalue weighted by molar-refractivity contribution is -0.120. The molecule has 1 atom stereocenters. The van der Waals surface area contributed by atoms with Gasteiger partial charge in [0.05, 0.1) is 12.5 Å². The number of hydrogen-bond acceptors (Lipinski definition) is 3. The minimum Gasteiger partial charge on any atom is -0.497 e. The monoisotopic (exact) mass is 336 g/mol. The number of rotatable bonds is 2. The lowest BCUT2D eigenvalue weighted by Gasteiger charge is -2.23. The number of nitrogens with zero attached hydrogens (tertiary/aromatic N) is 1. The zero-order chi connectivity index (χ0) is 17.6. The quantitative estimate of drug-likeness (QED) is 0.917. The highest BCUT2D eigenvalue weighted by atomic mass is 16.5. The van der Waals surface area contributed by atoms with E-state index in [2.05, 4.69) is 5.32 Å². The Kier molecular flexibility index (Phi) is 3.53. The van der Waals surface area contributed by atoms with Crippen molar-refractivity contribution in [3.63, 3.8) is 0 Å². The molecule has 2 heterocycles. The summed E-state index contributed by atoms with van der Waals surface area (Å²) in [5, 5.41) is 2.96. The molecule has 2 aromatic carbocycles. The number of amides is 2. The third kappa shape index (κ3) is 2.30. The van der Waals surface area contributed by atoms with Gasteiger partial charge in [-0.25, -0.2) is 0 Å². The molecule has 5 heteroatoms. The summed E-state index contributed by atoms with van der Waals surface area (Å²) in [6, 6.07) is 13.2. The fraction of sp³-hybridized carbons (Fsp3) is 0.300. The molecule has 0 radical (unpaired) electrons. The number of likely N-dealkylation sites (tertiary alicyclic amines) is 1. The van der Waals surface area contributed by atoms with Crippen LogP contribution < -0.4 is 10.1 Å². The molecule has 25 heavy (non-hydrogen) atoms. The normalized spacial score (nSPS) is 21.4. The number of fused-ring (bicyclic) bond motifs is 2. The molecule has 1 N–H and O–H groups in total. The number of hydrogen-bond donors (Lipinski definition) is 1. The molecule has 1 spiro atoms. The lowest BCUT2D eigenvalue weighted by atomic mass is 9.81. The number of methoxy groups -OCH3 is 1. The Morgan fingerprint density at radius 3 is 2.80 bits per heavy atom. The van der Waals surface area contributed by atoms with E-state index in [-0.39, 0.29) is 11.8 Å². The van der Waals surface area contributed by atoms with Crippen LogP contribution in [0.4, 0.5) is 5.69 Å². The van der Waals surface area contributed by atoms with Gasteiger partial charge in [0, 0.05) is 24.3 Å². The van der Waals surface area contributed by atoms with Gasteiger partial charge in [0.15, 0.2) is 0 Å². The Morgan fingerprint density at radius 2 is 2.04 bits per heavy atom. The second kappa shape index (κ2) is 5.62. The van der Waals surface area contributed by atoms with E-state index in [1.807, 2.05) is 49.4 Å². The number of benzene rings is 2. The van der Waals surface area contributed by atoms with Crippen molar-refractivity contribution in [2.24, 2.45) is 0 Å². The molecule has 5 nitrogen and oxygen atoms in total. The van der Waals surface area contributed by atoms with Gasteiger partial charge in [0.1, 0.15) is 5.75 Å². The van der Waals surface area contributed by atoms with Gasteiger partial charge in [-0.2, -0.15) is 0 Å². The van der Waals surface area contributed by atoms with E-state index in [4.69, 9.17) is 4.74 Å². The standard InChI is InChI=1S/C20H20N2O3/c1-13-5-3-4-6-15(13)18(23)22-10-9-20(12-22)16-11-14(25-2)7-8-17(16)21-19(20)24/h3-8,11H,9-10,12H2,1-2H3,(H,21,24)/t20-/m0/s1. The van der Waals surface area contributed by atoms with Crippen molar-refractivity contribution in [3.05, 3.63) is 59.2 Å². The molecule has 2 aliphatic heterocycles. The number of anilines is 1.